The quantitative estimate of drug-likeness (QED) is 0.0606. The second kappa shape index (κ2) is 26.0. The Morgan fingerprint density at radius 2 is 0.699 bits per heavy atom. The first-order chi connectivity index (χ1) is 34.5. The minimum atomic E-state index is -2.26. The molecule has 0 aromatic rings. The van der Waals surface area contributed by atoms with Crippen molar-refractivity contribution in [2.24, 2.45) is 0 Å². The molecular weight excluding hydrogens is 1000 g/mol. The summed E-state index contributed by atoms with van der Waals surface area (Å²) < 4.78 is 62.2. The Labute approximate surface area is 413 Å². The van der Waals surface area contributed by atoms with Crippen LogP contribution in [0.25, 0.3) is 0 Å². The van der Waals surface area contributed by atoms with Crippen LogP contribution in [0.4, 0.5) is 0 Å². The van der Waals surface area contributed by atoms with E-state index >= 15 is 0 Å². The first-order valence-electron chi connectivity index (χ1n) is 23.1. The van der Waals surface area contributed by atoms with Gasteiger partial charge in [-0.15, -0.1) is 0 Å². The summed E-state index contributed by atoms with van der Waals surface area (Å²) in [7, 11) is 0. The maximum absolute atomic E-state index is 12.5. The van der Waals surface area contributed by atoms with Gasteiger partial charge in [0, 0.05) is 13.8 Å². The van der Waals surface area contributed by atoms with Gasteiger partial charge in [0.05, 0.1) is 39.6 Å². The van der Waals surface area contributed by atoms with Crippen molar-refractivity contribution in [2.45, 2.75) is 198 Å². The van der Waals surface area contributed by atoms with E-state index in [-0.39, 0.29) is 0 Å². The molecular formula is C40H68N2O31. The van der Waals surface area contributed by atoms with Gasteiger partial charge in [-0.3, -0.25) is 9.59 Å². The lowest BCUT2D eigenvalue weighted by Gasteiger charge is -2.50. The topological polar surface area (TPSA) is 524 Å². The average Bonchev–Trinajstić information content (AvgIpc) is 3.35. The van der Waals surface area contributed by atoms with Gasteiger partial charge >= 0.3 is 0 Å². The van der Waals surface area contributed by atoms with Crippen molar-refractivity contribution >= 4 is 11.8 Å². The summed E-state index contributed by atoms with van der Waals surface area (Å²) >= 11 is 0. The van der Waals surface area contributed by atoms with E-state index in [0.717, 1.165) is 13.8 Å². The van der Waals surface area contributed by atoms with Crippen molar-refractivity contribution in [2.75, 3.05) is 39.6 Å². The first-order valence-corrected chi connectivity index (χ1v) is 23.1. The van der Waals surface area contributed by atoms with Crippen molar-refractivity contribution in [1.29, 1.82) is 0 Å². The lowest BCUT2D eigenvalue weighted by atomic mass is 9.94. The molecule has 20 N–H and O–H groups in total. The summed E-state index contributed by atoms with van der Waals surface area (Å²) in [5.41, 5.74) is 0. The van der Waals surface area contributed by atoms with Crippen LogP contribution in [0.1, 0.15) is 13.8 Å². The molecule has 73 heavy (non-hydrogen) atoms. The molecule has 6 aliphatic heterocycles. The van der Waals surface area contributed by atoms with Crippen LogP contribution in [0, 0.1) is 0 Å². The van der Waals surface area contributed by atoms with Crippen molar-refractivity contribution in [3.63, 3.8) is 0 Å². The van der Waals surface area contributed by atoms with E-state index in [4.69, 9.17) is 52.1 Å². The Morgan fingerprint density at radius 3 is 1.19 bits per heavy atom. The highest BCUT2D eigenvalue weighted by molar-refractivity contribution is 5.73. The van der Waals surface area contributed by atoms with Crippen molar-refractivity contribution in [1.82, 2.24) is 10.6 Å². The van der Waals surface area contributed by atoms with Gasteiger partial charge in [-0.2, -0.15) is 0 Å². The third-order valence-electron chi connectivity index (χ3n) is 13.2. The van der Waals surface area contributed by atoms with E-state index in [1.165, 1.54) is 0 Å². The van der Waals surface area contributed by atoms with Gasteiger partial charge in [-0.1, -0.05) is 0 Å². The predicted octanol–water partition coefficient (Wildman–Crippen LogP) is -13.8. The zero-order valence-corrected chi connectivity index (χ0v) is 38.9. The van der Waals surface area contributed by atoms with E-state index in [1.54, 1.807) is 0 Å². The molecule has 0 unspecified atom stereocenters. The molecule has 0 aromatic carbocycles. The maximum Gasteiger partial charge on any atom is 0.217 e. The molecule has 0 spiro atoms. The number of carbonyl (C=O) groups is 2. The van der Waals surface area contributed by atoms with Gasteiger partial charge in [0.15, 0.2) is 37.7 Å². The summed E-state index contributed by atoms with van der Waals surface area (Å²) in [6, 6.07) is -3.28. The second-order valence-corrected chi connectivity index (χ2v) is 18.3. The van der Waals surface area contributed by atoms with Crippen LogP contribution in [-0.2, 0) is 61.7 Å². The Balaban J connectivity index is 1.23. The molecule has 6 heterocycles. The lowest BCUT2D eigenvalue weighted by molar-refractivity contribution is -0.384. The molecule has 6 rings (SSSR count). The van der Waals surface area contributed by atoms with Crippen molar-refractivity contribution in [3.8, 4) is 0 Å². The molecule has 30 atom stereocenters. The van der Waals surface area contributed by atoms with E-state index < -0.39 is 236 Å². The summed E-state index contributed by atoms with van der Waals surface area (Å²) in [6.07, 6.45) is -52.8. The van der Waals surface area contributed by atoms with E-state index in [1.807, 2.05) is 0 Å². The zero-order valence-electron chi connectivity index (χ0n) is 38.9. The molecule has 6 fully saturated rings. The van der Waals surface area contributed by atoms with Crippen LogP contribution in [0.3, 0.4) is 0 Å². The standard InChI is InChI=1S/C40H68N2O31/c1-9(47)41-17-23(53)32(13(5-45)65-35(17)62)71-36-18(42-10(2)48)24(54)33(14(6-46)68-36)72-40-31(61)34(73-39-30(60)26(56)20(50)12(4-44)67-39)22(52)16(70-40)8-64-38-29(59)27(57)21(51)15(69-38)7-63-37-28(58)25(55)19(49)11(3-43)66-37/h11-40,43-46,49-62H,3-8H2,1-2H3,(H,41,47)(H,42,48)/t11-,12-,13-,14-,15-,16-,17-,18-,19-,20-,21-,22-,23-,24-,25+,26+,27+,28+,29+,30+,31+,32-,33-,34+,35-,36+,37+,38+,39-,40-/m1/s1. The van der Waals surface area contributed by atoms with Gasteiger partial charge in [0.25, 0.3) is 0 Å². The number of nitrogens with one attached hydrogen (secondary N) is 2. The Kier molecular flexibility index (Phi) is 21.3. The summed E-state index contributed by atoms with van der Waals surface area (Å²) in [6.45, 7) is -3.32. The van der Waals surface area contributed by atoms with Gasteiger partial charge in [0.2, 0.25) is 11.8 Å². The van der Waals surface area contributed by atoms with Crippen LogP contribution < -0.4 is 10.6 Å². The average molecular weight is 1070 g/mol. The number of ether oxygens (including phenoxy) is 11. The highest BCUT2D eigenvalue weighted by Crippen LogP contribution is 2.36. The molecule has 0 saturated carbocycles. The van der Waals surface area contributed by atoms with Gasteiger partial charge in [-0.05, 0) is 0 Å². The molecule has 0 aromatic heterocycles. The summed E-state index contributed by atoms with van der Waals surface area (Å²) in [5, 5.41) is 196. The van der Waals surface area contributed by atoms with Crippen LogP contribution in [0.5, 0.6) is 0 Å². The predicted molar refractivity (Wildman–Crippen MR) is 222 cm³/mol. The summed E-state index contributed by atoms with van der Waals surface area (Å²) in [4.78, 5) is 24.4. The molecule has 6 aliphatic rings. The SMILES string of the molecule is CC(=O)N[C@@H]1[C@@H](O)[C@H](O[C@@H]2O[C@H](CO)[C@@H](O[C@H]3O[C@H](CO[C@H]4O[C@H](CO[C@H]5O[C@H](CO)[C@@H](O)[C@H](O)[C@@H]5O)[C@@H](O)[C@H](O)[C@@H]4O)[C@@H](O)[C@H](O[C@H]4O[C@H](CO)[C@@H](O)[C@H](O)[C@@H]4O)[C@@H]3O)[C@H](O)[C@H]2NC(C)=O)[C@@H](CO)O[C@H]1O. The Hall–Kier alpha value is -2.22. The molecule has 33 heteroatoms. The molecule has 424 valence electrons. The highest BCUT2D eigenvalue weighted by Gasteiger charge is 2.57. The third-order valence-corrected chi connectivity index (χ3v) is 13.2. The van der Waals surface area contributed by atoms with Gasteiger partial charge in [-0.25, -0.2) is 0 Å². The number of carbonyl (C=O) groups excluding carboxylic acids is 2. The summed E-state index contributed by atoms with van der Waals surface area (Å²) in [5.74, 6) is -1.55. The number of hydrogen-bond donors (Lipinski definition) is 20. The minimum absolute atomic E-state index is 0.715. The maximum atomic E-state index is 12.5. The fourth-order valence-electron chi connectivity index (χ4n) is 9.11. The minimum Gasteiger partial charge on any atom is -0.394 e. The van der Waals surface area contributed by atoms with Crippen LogP contribution >= 0.6 is 0 Å². The second-order valence-electron chi connectivity index (χ2n) is 18.3. The molecule has 0 radical (unpaired) electrons. The number of hydrogen-bond acceptors (Lipinski definition) is 31. The van der Waals surface area contributed by atoms with Crippen LogP contribution in [0.2, 0.25) is 0 Å². The Morgan fingerprint density at radius 1 is 0.356 bits per heavy atom. The van der Waals surface area contributed by atoms with E-state index in [0.29, 0.717) is 0 Å². The third kappa shape index (κ3) is 13.2. The molecule has 6 saturated heterocycles. The molecule has 33 nitrogen and oxygen atoms in total. The monoisotopic (exact) mass is 1070 g/mol. The smallest absolute Gasteiger partial charge is 0.217 e. The highest BCUT2D eigenvalue weighted by atomic mass is 16.8. The largest absolute Gasteiger partial charge is 0.394 e. The molecule has 2 amide bonds. The first kappa shape index (κ1) is 60.0. The molecule has 0 aliphatic carbocycles. The lowest BCUT2D eigenvalue weighted by Crippen LogP contribution is -2.70. The Bertz CT molecular complexity index is 1750. The normalized spacial score (nSPS) is 49.8. The fourth-order valence-corrected chi connectivity index (χ4v) is 9.11. The number of aliphatic hydroxyl groups is 18. The zero-order chi connectivity index (χ0) is 53.9. The van der Waals surface area contributed by atoms with Crippen molar-refractivity contribution in [3.05, 3.63) is 0 Å². The van der Waals surface area contributed by atoms with Crippen LogP contribution in [-0.4, -0.2) is 327 Å². The molecule has 0 bridgehead atoms. The van der Waals surface area contributed by atoms with Crippen LogP contribution in [0.15, 0.2) is 0 Å². The van der Waals surface area contributed by atoms with E-state index in [2.05, 4.69) is 10.6 Å². The number of amides is 2. The van der Waals surface area contributed by atoms with Gasteiger partial charge < -0.3 is 155 Å². The number of aliphatic hydroxyl groups excluding tert-OH is 18. The van der Waals surface area contributed by atoms with E-state index in [9.17, 15) is 102 Å². The van der Waals surface area contributed by atoms with Gasteiger partial charge in [0.1, 0.15) is 146 Å². The van der Waals surface area contributed by atoms with Crippen molar-refractivity contribution < 1.29 is 154 Å². The number of rotatable bonds is 18. The fraction of sp³-hybridized carbons (Fsp3) is 0.950.